The van der Waals surface area contributed by atoms with Gasteiger partial charge in [0.25, 0.3) is 5.92 Å². The van der Waals surface area contributed by atoms with E-state index in [1.165, 1.54) is 6.92 Å². The van der Waals surface area contributed by atoms with Crippen molar-refractivity contribution in [2.45, 2.75) is 49.8 Å². The topological polar surface area (TPSA) is 74.7 Å². The molecule has 0 spiro atoms. The number of alkyl halides is 2. The van der Waals surface area contributed by atoms with Crippen LogP contribution in [0.3, 0.4) is 0 Å². The maximum absolute atomic E-state index is 14.6. The number of amides is 1. The molecule has 4 saturated heterocycles. The molecule has 7 nitrogen and oxygen atoms in total. The van der Waals surface area contributed by atoms with Crippen molar-refractivity contribution in [2.24, 2.45) is 11.3 Å². The first-order valence-electron chi connectivity index (χ1n) is 11.0. The Morgan fingerprint density at radius 3 is 2.61 bits per heavy atom. The van der Waals surface area contributed by atoms with Crippen molar-refractivity contribution in [3.05, 3.63) is 12.2 Å². The third-order valence-electron chi connectivity index (χ3n) is 7.28. The zero-order chi connectivity index (χ0) is 22.6. The molecule has 0 radical (unpaired) electrons. The predicted molar refractivity (Wildman–Crippen MR) is 119 cm³/mol. The van der Waals surface area contributed by atoms with Crippen molar-refractivity contribution in [3.8, 4) is 0 Å². The molecular weight excluding hydrogens is 422 g/mol. The SMILES string of the molecule is C=C(C)C(F)(F)CN1C(=N)N(CC2CCN2)C2SC(CN3CCNC3)C(C)(C)C2C1=O. The van der Waals surface area contributed by atoms with Crippen LogP contribution in [-0.4, -0.2) is 95.1 Å². The van der Waals surface area contributed by atoms with Crippen LogP contribution in [0.1, 0.15) is 27.2 Å². The fraction of sp³-hybridized carbons (Fsp3) is 0.810. The smallest absolute Gasteiger partial charge is 0.286 e. The Morgan fingerprint density at radius 1 is 1.35 bits per heavy atom. The lowest BCUT2D eigenvalue weighted by molar-refractivity contribution is -0.143. The molecule has 0 aromatic rings. The van der Waals surface area contributed by atoms with Crippen LogP contribution in [0.5, 0.6) is 0 Å². The van der Waals surface area contributed by atoms with E-state index in [1.54, 1.807) is 11.8 Å². The van der Waals surface area contributed by atoms with Gasteiger partial charge in [-0.1, -0.05) is 20.4 Å². The lowest BCUT2D eigenvalue weighted by Gasteiger charge is -2.48. The van der Waals surface area contributed by atoms with Gasteiger partial charge in [0.1, 0.15) is 0 Å². The van der Waals surface area contributed by atoms with Crippen molar-refractivity contribution in [2.75, 3.05) is 45.9 Å². The Labute approximate surface area is 187 Å². The Kier molecular flexibility index (Phi) is 6.13. The van der Waals surface area contributed by atoms with E-state index in [4.69, 9.17) is 5.41 Å². The van der Waals surface area contributed by atoms with E-state index >= 15 is 0 Å². The number of nitrogens with zero attached hydrogens (tertiary/aromatic N) is 3. The highest BCUT2D eigenvalue weighted by atomic mass is 32.2. The summed E-state index contributed by atoms with van der Waals surface area (Å²) in [6.45, 7) is 13.1. The minimum atomic E-state index is -3.23. The molecule has 3 N–H and O–H groups in total. The molecule has 4 aliphatic heterocycles. The van der Waals surface area contributed by atoms with Gasteiger partial charge in [0, 0.05) is 44.1 Å². The van der Waals surface area contributed by atoms with E-state index in [0.717, 1.165) is 44.2 Å². The molecule has 0 bridgehead atoms. The summed E-state index contributed by atoms with van der Waals surface area (Å²) in [4.78, 5) is 18.8. The molecule has 4 fully saturated rings. The van der Waals surface area contributed by atoms with Gasteiger partial charge in [-0.25, -0.2) is 0 Å². The molecule has 4 aliphatic rings. The van der Waals surface area contributed by atoms with Crippen molar-refractivity contribution in [3.63, 3.8) is 0 Å². The first-order chi connectivity index (χ1) is 14.5. The van der Waals surface area contributed by atoms with Crippen molar-refractivity contribution in [1.82, 2.24) is 25.3 Å². The average molecular weight is 457 g/mol. The Bertz CT molecular complexity index is 752. The van der Waals surface area contributed by atoms with E-state index in [-0.39, 0.29) is 39.5 Å². The summed E-state index contributed by atoms with van der Waals surface area (Å²) in [5, 5.41) is 15.4. The summed E-state index contributed by atoms with van der Waals surface area (Å²) < 4.78 is 29.2. The lowest BCUT2D eigenvalue weighted by Crippen LogP contribution is -2.66. The molecule has 1 amide bonds. The highest BCUT2D eigenvalue weighted by Crippen LogP contribution is 2.55. The molecule has 4 heterocycles. The highest BCUT2D eigenvalue weighted by Gasteiger charge is 2.60. The number of guanidine groups is 1. The second-order valence-electron chi connectivity index (χ2n) is 9.87. The maximum atomic E-state index is 14.6. The zero-order valence-electron chi connectivity index (χ0n) is 18.6. The molecule has 0 saturated carbocycles. The normalized spacial score (nSPS) is 33.6. The predicted octanol–water partition coefficient (Wildman–Crippen LogP) is 1.59. The minimum Gasteiger partial charge on any atom is -0.328 e. The van der Waals surface area contributed by atoms with Gasteiger partial charge in [-0.2, -0.15) is 8.78 Å². The standard InChI is InChI=1S/C21H34F2N6OS/c1-13(2)21(22,23)11-29-17(30)16-18(28(19(29)24)9-14-5-6-26-14)31-15(20(16,3)4)10-27-8-7-25-12-27/h14-16,18,24-26H,1,5-12H2,2-4H3. The fourth-order valence-electron chi connectivity index (χ4n) is 4.87. The van der Waals surface area contributed by atoms with Gasteiger partial charge in [-0.05, 0) is 30.9 Å². The third kappa shape index (κ3) is 4.12. The lowest BCUT2D eigenvalue weighted by atomic mass is 9.74. The second kappa shape index (κ2) is 8.28. The van der Waals surface area contributed by atoms with Crippen LogP contribution in [0.4, 0.5) is 8.78 Å². The fourth-order valence-corrected chi connectivity index (χ4v) is 6.96. The largest absolute Gasteiger partial charge is 0.328 e. The maximum Gasteiger partial charge on any atom is 0.286 e. The van der Waals surface area contributed by atoms with Crippen LogP contribution in [0.2, 0.25) is 0 Å². The number of halogens is 2. The van der Waals surface area contributed by atoms with Crippen LogP contribution in [0, 0.1) is 16.7 Å². The Balaban J connectivity index is 1.63. The number of fused-ring (bicyclic) bond motifs is 1. The van der Waals surface area contributed by atoms with Gasteiger partial charge in [0.2, 0.25) is 11.9 Å². The summed E-state index contributed by atoms with van der Waals surface area (Å²) in [5.74, 6) is -4.12. The van der Waals surface area contributed by atoms with Crippen LogP contribution < -0.4 is 10.6 Å². The number of nitrogens with one attached hydrogen (secondary N) is 3. The number of thioether (sulfide) groups is 1. The van der Waals surface area contributed by atoms with Crippen molar-refractivity contribution in [1.29, 1.82) is 5.41 Å². The van der Waals surface area contributed by atoms with E-state index in [9.17, 15) is 13.6 Å². The number of carbonyl (C=O) groups is 1. The highest BCUT2D eigenvalue weighted by molar-refractivity contribution is 8.00. The molecule has 4 atom stereocenters. The molecule has 4 rings (SSSR count). The summed E-state index contributed by atoms with van der Waals surface area (Å²) in [6.07, 6.45) is 0.994. The molecular formula is C21H34F2N6OS. The molecule has 0 aromatic heterocycles. The monoisotopic (exact) mass is 456 g/mol. The molecule has 0 aliphatic carbocycles. The summed E-state index contributed by atoms with van der Waals surface area (Å²) >= 11 is 1.74. The second-order valence-corrected chi connectivity index (χ2v) is 11.2. The van der Waals surface area contributed by atoms with Crippen LogP contribution in [-0.2, 0) is 4.79 Å². The quantitative estimate of drug-likeness (QED) is 0.505. The summed E-state index contributed by atoms with van der Waals surface area (Å²) in [7, 11) is 0. The average Bonchev–Trinajstić information content (AvgIpc) is 3.24. The van der Waals surface area contributed by atoms with Gasteiger partial charge < -0.3 is 15.5 Å². The van der Waals surface area contributed by atoms with E-state index in [2.05, 4.69) is 36.0 Å². The minimum absolute atomic E-state index is 0.104. The number of rotatable bonds is 7. The molecule has 0 aromatic carbocycles. The Hall–Kier alpha value is -1.23. The van der Waals surface area contributed by atoms with Crippen LogP contribution in [0.25, 0.3) is 0 Å². The molecule has 10 heteroatoms. The van der Waals surface area contributed by atoms with Gasteiger partial charge in [-0.15, -0.1) is 11.8 Å². The number of carbonyl (C=O) groups excluding carboxylic acids is 1. The van der Waals surface area contributed by atoms with E-state index in [1.807, 2.05) is 4.90 Å². The van der Waals surface area contributed by atoms with Gasteiger partial charge >= 0.3 is 0 Å². The van der Waals surface area contributed by atoms with Crippen LogP contribution in [0.15, 0.2) is 12.2 Å². The number of hydrogen-bond acceptors (Lipinski definition) is 6. The molecule has 4 unspecified atom stereocenters. The van der Waals surface area contributed by atoms with E-state index < -0.39 is 18.4 Å². The van der Waals surface area contributed by atoms with Gasteiger partial charge in [-0.3, -0.25) is 20.0 Å². The first kappa shape index (κ1) is 22.9. The van der Waals surface area contributed by atoms with Crippen molar-refractivity contribution >= 4 is 23.6 Å². The van der Waals surface area contributed by atoms with Gasteiger partial charge in [0.05, 0.1) is 17.8 Å². The summed E-state index contributed by atoms with van der Waals surface area (Å²) in [6, 6.07) is 0.225. The third-order valence-corrected chi connectivity index (χ3v) is 9.17. The summed E-state index contributed by atoms with van der Waals surface area (Å²) in [5.41, 5.74) is -0.667. The molecule has 174 valence electrons. The van der Waals surface area contributed by atoms with E-state index in [0.29, 0.717) is 6.54 Å². The Morgan fingerprint density at radius 2 is 2.06 bits per heavy atom. The first-order valence-corrected chi connectivity index (χ1v) is 12.0. The van der Waals surface area contributed by atoms with Gasteiger partial charge in [0.15, 0.2) is 0 Å². The number of hydrogen-bond donors (Lipinski definition) is 3. The zero-order valence-corrected chi connectivity index (χ0v) is 19.4. The van der Waals surface area contributed by atoms with Crippen LogP contribution >= 0.6 is 11.8 Å². The molecule has 31 heavy (non-hydrogen) atoms. The van der Waals surface area contributed by atoms with Crippen molar-refractivity contribution < 1.29 is 13.6 Å².